The summed E-state index contributed by atoms with van der Waals surface area (Å²) in [6.07, 6.45) is 6.19. The number of carbonyl (C=O) groups excluding carboxylic acids is 2. The average molecular weight is 300 g/mol. The van der Waals surface area contributed by atoms with Gasteiger partial charge in [0.15, 0.2) is 0 Å². The van der Waals surface area contributed by atoms with E-state index in [9.17, 15) is 9.59 Å². The summed E-state index contributed by atoms with van der Waals surface area (Å²) in [6, 6.07) is 0. The molecule has 0 aromatic carbocycles. The molecule has 0 aliphatic heterocycles. The van der Waals surface area contributed by atoms with E-state index in [2.05, 4.69) is 25.7 Å². The lowest BCUT2D eigenvalue weighted by Gasteiger charge is -2.44. The number of methoxy groups -OCH3 is 2. The zero-order chi connectivity index (χ0) is 16.1. The van der Waals surface area contributed by atoms with E-state index >= 15 is 0 Å². The van der Waals surface area contributed by atoms with Gasteiger partial charge in [-0.2, -0.15) is 0 Å². The van der Waals surface area contributed by atoms with Gasteiger partial charge < -0.3 is 9.47 Å². The van der Waals surface area contributed by atoms with Crippen molar-refractivity contribution in [1.82, 2.24) is 0 Å². The second-order valence-corrected chi connectivity index (χ2v) is 6.39. The molecule has 116 valence electrons. The van der Waals surface area contributed by atoms with Crippen LogP contribution in [0.4, 0.5) is 0 Å². The minimum absolute atomic E-state index is 0.0202. The molecule has 0 bridgehead atoms. The molecule has 3 rings (SSSR count). The fourth-order valence-electron chi connectivity index (χ4n) is 3.88. The number of hydrogen-bond acceptors (Lipinski definition) is 4. The van der Waals surface area contributed by atoms with Crippen molar-refractivity contribution in [2.75, 3.05) is 14.2 Å². The number of allylic oxidation sites excluding steroid dienone is 5. The Balaban J connectivity index is 2.09. The first-order valence-corrected chi connectivity index (χ1v) is 7.42. The molecule has 0 radical (unpaired) electrons. The van der Waals surface area contributed by atoms with Gasteiger partial charge in [-0.15, -0.1) is 0 Å². The van der Waals surface area contributed by atoms with Crippen molar-refractivity contribution in [1.29, 1.82) is 0 Å². The SMILES string of the molecule is C=C1CC=CC2(C)CC3=C(CC12)C(=O)C(OC)=C(OC)C3=O. The minimum Gasteiger partial charge on any atom is -0.489 e. The highest BCUT2D eigenvalue weighted by Gasteiger charge is 2.47. The second kappa shape index (κ2) is 4.97. The highest BCUT2D eigenvalue weighted by atomic mass is 16.5. The van der Waals surface area contributed by atoms with Crippen molar-refractivity contribution in [2.24, 2.45) is 11.3 Å². The standard InChI is InChI=1S/C18H20O4/c1-10-6-5-7-18(2)9-12-11(8-13(10)18)14(19)16(21-3)17(22-4)15(12)20/h5,7,13H,1,6,8-9H2,2-4H3. The number of fused-ring (bicyclic) bond motifs is 1. The summed E-state index contributed by atoms with van der Waals surface area (Å²) in [4.78, 5) is 25.4. The van der Waals surface area contributed by atoms with Crippen molar-refractivity contribution >= 4 is 11.6 Å². The van der Waals surface area contributed by atoms with Crippen LogP contribution in [0.3, 0.4) is 0 Å². The maximum Gasteiger partial charge on any atom is 0.228 e. The van der Waals surface area contributed by atoms with Crippen LogP contribution < -0.4 is 0 Å². The van der Waals surface area contributed by atoms with Crippen LogP contribution >= 0.6 is 0 Å². The molecule has 0 saturated carbocycles. The Labute approximate surface area is 130 Å². The molecule has 2 atom stereocenters. The first kappa shape index (κ1) is 14.8. The molecule has 0 fully saturated rings. The van der Waals surface area contributed by atoms with Crippen LogP contribution in [-0.2, 0) is 19.1 Å². The normalized spacial score (nSPS) is 31.2. The molecule has 4 heteroatoms. The van der Waals surface area contributed by atoms with Gasteiger partial charge in [0, 0.05) is 11.1 Å². The summed E-state index contributed by atoms with van der Waals surface area (Å²) < 4.78 is 10.3. The van der Waals surface area contributed by atoms with Gasteiger partial charge in [-0.1, -0.05) is 31.2 Å². The largest absolute Gasteiger partial charge is 0.489 e. The highest BCUT2D eigenvalue weighted by Crippen LogP contribution is 2.52. The Morgan fingerprint density at radius 3 is 2.32 bits per heavy atom. The van der Waals surface area contributed by atoms with E-state index in [1.807, 2.05) is 0 Å². The lowest BCUT2D eigenvalue weighted by atomic mass is 9.59. The maximum absolute atomic E-state index is 12.7. The molecule has 3 aliphatic rings. The topological polar surface area (TPSA) is 52.6 Å². The van der Waals surface area contributed by atoms with Crippen LogP contribution in [0.5, 0.6) is 0 Å². The van der Waals surface area contributed by atoms with E-state index in [0.29, 0.717) is 24.0 Å². The van der Waals surface area contributed by atoms with Gasteiger partial charge in [0.25, 0.3) is 0 Å². The number of rotatable bonds is 2. The summed E-state index contributed by atoms with van der Waals surface area (Å²) in [5.74, 6) is -0.217. The van der Waals surface area contributed by atoms with Gasteiger partial charge in [-0.05, 0) is 30.6 Å². The third-order valence-corrected chi connectivity index (χ3v) is 5.07. The van der Waals surface area contributed by atoms with Crippen molar-refractivity contribution in [3.05, 3.63) is 47.0 Å². The second-order valence-electron chi connectivity index (χ2n) is 6.39. The van der Waals surface area contributed by atoms with Crippen LogP contribution in [0.25, 0.3) is 0 Å². The van der Waals surface area contributed by atoms with E-state index in [-0.39, 0.29) is 34.4 Å². The predicted octanol–water partition coefficient (Wildman–Crippen LogP) is 2.87. The monoisotopic (exact) mass is 300 g/mol. The molecule has 4 nitrogen and oxygen atoms in total. The van der Waals surface area contributed by atoms with E-state index in [1.165, 1.54) is 14.2 Å². The summed E-state index contributed by atoms with van der Waals surface area (Å²) in [5, 5.41) is 0. The van der Waals surface area contributed by atoms with Gasteiger partial charge in [-0.25, -0.2) is 0 Å². The number of Topliss-reactive ketones (excluding diaryl/α,β-unsaturated/α-hetero) is 2. The first-order chi connectivity index (χ1) is 10.4. The lowest BCUT2D eigenvalue weighted by Crippen LogP contribution is -2.39. The maximum atomic E-state index is 12.7. The predicted molar refractivity (Wildman–Crippen MR) is 81.8 cm³/mol. The summed E-state index contributed by atoms with van der Waals surface area (Å²) in [5.41, 5.74) is 2.10. The Bertz CT molecular complexity index is 677. The number of hydrogen-bond donors (Lipinski definition) is 0. The van der Waals surface area contributed by atoms with Crippen LogP contribution in [0, 0.1) is 11.3 Å². The smallest absolute Gasteiger partial charge is 0.228 e. The van der Waals surface area contributed by atoms with E-state index in [4.69, 9.17) is 9.47 Å². The zero-order valence-corrected chi connectivity index (χ0v) is 13.2. The molecule has 0 amide bonds. The van der Waals surface area contributed by atoms with E-state index < -0.39 is 0 Å². The Morgan fingerprint density at radius 2 is 1.73 bits per heavy atom. The quantitative estimate of drug-likeness (QED) is 0.581. The van der Waals surface area contributed by atoms with Crippen molar-refractivity contribution in [2.45, 2.75) is 26.2 Å². The summed E-state index contributed by atoms with van der Waals surface area (Å²) in [6.45, 7) is 6.28. The average Bonchev–Trinajstić information content (AvgIpc) is 2.49. The fraction of sp³-hybridized carbons (Fsp3) is 0.444. The van der Waals surface area contributed by atoms with Crippen molar-refractivity contribution in [3.8, 4) is 0 Å². The molecule has 0 spiro atoms. The van der Waals surface area contributed by atoms with Gasteiger partial charge in [0.1, 0.15) is 0 Å². The van der Waals surface area contributed by atoms with Gasteiger partial charge in [0.2, 0.25) is 23.1 Å². The van der Waals surface area contributed by atoms with Gasteiger partial charge >= 0.3 is 0 Å². The van der Waals surface area contributed by atoms with Gasteiger partial charge in [-0.3, -0.25) is 9.59 Å². The molecule has 0 heterocycles. The zero-order valence-electron chi connectivity index (χ0n) is 13.2. The van der Waals surface area contributed by atoms with Crippen LogP contribution in [0.15, 0.2) is 47.0 Å². The van der Waals surface area contributed by atoms with E-state index in [1.54, 1.807) is 0 Å². The molecule has 22 heavy (non-hydrogen) atoms. The number of carbonyl (C=O) groups is 2. The molecule has 0 aromatic rings. The molecule has 0 saturated heterocycles. The Kier molecular flexibility index (Phi) is 3.35. The van der Waals surface area contributed by atoms with E-state index in [0.717, 1.165) is 12.0 Å². The minimum atomic E-state index is -0.224. The number of ketones is 2. The van der Waals surface area contributed by atoms with Gasteiger partial charge in [0.05, 0.1) is 14.2 Å². The summed E-state index contributed by atoms with van der Waals surface area (Å²) >= 11 is 0. The highest BCUT2D eigenvalue weighted by molar-refractivity contribution is 6.23. The van der Waals surface area contributed by atoms with Crippen LogP contribution in [-0.4, -0.2) is 25.8 Å². The lowest BCUT2D eigenvalue weighted by molar-refractivity contribution is -0.122. The molecule has 0 aromatic heterocycles. The molecular formula is C18H20O4. The Hall–Kier alpha value is -2.10. The molecule has 3 aliphatic carbocycles. The van der Waals surface area contributed by atoms with Crippen LogP contribution in [0.2, 0.25) is 0 Å². The fourth-order valence-corrected chi connectivity index (χ4v) is 3.88. The van der Waals surface area contributed by atoms with Crippen molar-refractivity contribution in [3.63, 3.8) is 0 Å². The first-order valence-electron chi connectivity index (χ1n) is 7.42. The van der Waals surface area contributed by atoms with Crippen LogP contribution in [0.1, 0.15) is 26.2 Å². The number of ether oxygens (including phenoxy) is 2. The molecule has 2 unspecified atom stereocenters. The third kappa shape index (κ3) is 1.90. The summed E-state index contributed by atoms with van der Waals surface area (Å²) in [7, 11) is 2.78. The molecular weight excluding hydrogens is 280 g/mol. The van der Waals surface area contributed by atoms with Crippen molar-refractivity contribution < 1.29 is 19.1 Å². The Morgan fingerprint density at radius 1 is 1.14 bits per heavy atom. The third-order valence-electron chi connectivity index (χ3n) is 5.07. The molecule has 0 N–H and O–H groups in total.